The molecule has 0 heterocycles. The van der Waals surface area contributed by atoms with Gasteiger partial charge in [0.05, 0.1) is 19.8 Å². The van der Waals surface area contributed by atoms with E-state index in [2.05, 4.69) is 4.72 Å². The van der Waals surface area contributed by atoms with Gasteiger partial charge in [0.2, 0.25) is 10.0 Å². The first-order valence-electron chi connectivity index (χ1n) is 5.59. The Hall–Kier alpha value is -1.22. The lowest BCUT2D eigenvalue weighted by atomic mass is 10.3. The molecule has 0 aromatic heterocycles. The van der Waals surface area contributed by atoms with Crippen LogP contribution in [0, 0.1) is 5.82 Å². The summed E-state index contributed by atoms with van der Waals surface area (Å²) < 4.78 is 49.1. The fourth-order valence-electron chi connectivity index (χ4n) is 1.30. The van der Waals surface area contributed by atoms with Gasteiger partial charge in [-0.3, -0.25) is 0 Å². The first-order valence-corrected chi connectivity index (χ1v) is 7.07. The van der Waals surface area contributed by atoms with Crippen molar-refractivity contribution in [1.82, 2.24) is 4.72 Å². The van der Waals surface area contributed by atoms with Gasteiger partial charge in [-0.25, -0.2) is 17.5 Å². The van der Waals surface area contributed by atoms with Crippen LogP contribution in [0.4, 0.5) is 10.1 Å². The summed E-state index contributed by atoms with van der Waals surface area (Å²) in [6.45, 7) is 1.01. The molecule has 0 aliphatic rings. The van der Waals surface area contributed by atoms with E-state index in [1.165, 1.54) is 13.2 Å². The number of methoxy groups -OCH3 is 1. The molecule has 0 unspecified atom stereocenters. The predicted octanol–water partition coefficient (Wildman–Crippen LogP) is 0.349. The molecule has 0 saturated heterocycles. The summed E-state index contributed by atoms with van der Waals surface area (Å²) in [6, 6.07) is 3.38. The molecule has 1 rings (SSSR count). The van der Waals surface area contributed by atoms with E-state index in [1.807, 2.05) is 0 Å². The molecule has 0 radical (unpaired) electrons. The van der Waals surface area contributed by atoms with Crippen LogP contribution in [-0.4, -0.2) is 41.9 Å². The zero-order chi connectivity index (χ0) is 14.3. The Morgan fingerprint density at radius 1 is 1.32 bits per heavy atom. The van der Waals surface area contributed by atoms with E-state index in [-0.39, 0.29) is 18.8 Å². The lowest BCUT2D eigenvalue weighted by Gasteiger charge is -2.08. The SMILES string of the molecule is COCCOCCNS(=O)(=O)c1cc(N)ccc1F. The average molecular weight is 292 g/mol. The molecule has 0 aliphatic carbocycles. The number of nitrogens with two attached hydrogens (primary N) is 1. The minimum absolute atomic E-state index is 0.0420. The highest BCUT2D eigenvalue weighted by Gasteiger charge is 2.18. The Kier molecular flexibility index (Phi) is 6.16. The Labute approximate surface area is 111 Å². The van der Waals surface area contributed by atoms with Crippen molar-refractivity contribution in [2.75, 3.05) is 39.2 Å². The number of benzene rings is 1. The van der Waals surface area contributed by atoms with E-state index in [4.69, 9.17) is 15.2 Å². The Morgan fingerprint density at radius 2 is 2.05 bits per heavy atom. The number of nitrogens with one attached hydrogen (secondary N) is 1. The Balaban J connectivity index is 2.54. The van der Waals surface area contributed by atoms with Crippen LogP contribution in [0.25, 0.3) is 0 Å². The van der Waals surface area contributed by atoms with E-state index in [9.17, 15) is 12.8 Å². The smallest absolute Gasteiger partial charge is 0.243 e. The molecule has 0 spiro atoms. The van der Waals surface area contributed by atoms with Gasteiger partial charge in [0.25, 0.3) is 0 Å². The molecular formula is C11H17FN2O4S. The summed E-state index contributed by atoms with van der Waals surface area (Å²) in [4.78, 5) is -0.468. The zero-order valence-electron chi connectivity index (χ0n) is 10.6. The quantitative estimate of drug-likeness (QED) is 0.533. The standard InChI is InChI=1S/C11H17FN2O4S/c1-17-6-7-18-5-4-14-19(15,16)11-8-9(13)2-3-10(11)12/h2-3,8,14H,4-7,13H2,1H3. The van der Waals surface area contributed by atoms with Crippen LogP contribution in [0.15, 0.2) is 23.1 Å². The second kappa shape index (κ2) is 7.39. The molecule has 0 amide bonds. The van der Waals surface area contributed by atoms with Gasteiger partial charge >= 0.3 is 0 Å². The van der Waals surface area contributed by atoms with Gasteiger partial charge in [-0.1, -0.05) is 0 Å². The Morgan fingerprint density at radius 3 is 2.74 bits per heavy atom. The molecule has 0 bridgehead atoms. The lowest BCUT2D eigenvalue weighted by molar-refractivity contribution is 0.0736. The maximum atomic E-state index is 13.4. The van der Waals surface area contributed by atoms with Crippen molar-refractivity contribution in [2.24, 2.45) is 0 Å². The molecule has 0 fully saturated rings. The van der Waals surface area contributed by atoms with Crippen molar-refractivity contribution in [2.45, 2.75) is 4.90 Å². The molecular weight excluding hydrogens is 275 g/mol. The van der Waals surface area contributed by atoms with Gasteiger partial charge in [-0.2, -0.15) is 0 Å². The van der Waals surface area contributed by atoms with Crippen LogP contribution >= 0.6 is 0 Å². The van der Waals surface area contributed by atoms with E-state index in [0.29, 0.717) is 13.2 Å². The zero-order valence-corrected chi connectivity index (χ0v) is 11.4. The number of sulfonamides is 1. The first kappa shape index (κ1) is 15.8. The molecule has 19 heavy (non-hydrogen) atoms. The van der Waals surface area contributed by atoms with Crippen LogP contribution in [0.5, 0.6) is 0 Å². The van der Waals surface area contributed by atoms with Crippen LogP contribution in [0.2, 0.25) is 0 Å². The van der Waals surface area contributed by atoms with Crippen molar-refractivity contribution in [1.29, 1.82) is 0 Å². The lowest BCUT2D eigenvalue weighted by Crippen LogP contribution is -2.28. The minimum atomic E-state index is -3.92. The average Bonchev–Trinajstić information content (AvgIpc) is 2.36. The normalized spacial score (nSPS) is 11.7. The fraction of sp³-hybridized carbons (Fsp3) is 0.455. The summed E-state index contributed by atoms with van der Waals surface area (Å²) in [5, 5.41) is 0. The van der Waals surface area contributed by atoms with Gasteiger partial charge in [0.15, 0.2) is 0 Å². The summed E-state index contributed by atoms with van der Waals surface area (Å²) in [5.41, 5.74) is 5.62. The molecule has 1 aromatic carbocycles. The molecule has 0 saturated carbocycles. The first-order chi connectivity index (χ1) is 8.97. The van der Waals surface area contributed by atoms with Crippen LogP contribution < -0.4 is 10.5 Å². The predicted molar refractivity (Wildman–Crippen MR) is 68.7 cm³/mol. The number of hydrogen-bond acceptors (Lipinski definition) is 5. The summed E-state index contributed by atoms with van der Waals surface area (Å²) in [5.74, 6) is -0.845. The fourth-order valence-corrected chi connectivity index (χ4v) is 2.42. The highest BCUT2D eigenvalue weighted by Crippen LogP contribution is 2.17. The number of ether oxygens (including phenoxy) is 2. The van der Waals surface area contributed by atoms with Crippen LogP contribution in [-0.2, 0) is 19.5 Å². The summed E-state index contributed by atoms with van der Waals surface area (Å²) in [6.07, 6.45) is 0. The molecule has 0 atom stereocenters. The van der Waals surface area contributed by atoms with Crippen molar-refractivity contribution in [3.63, 3.8) is 0 Å². The number of halogens is 1. The maximum absolute atomic E-state index is 13.4. The third kappa shape index (κ3) is 5.11. The molecule has 0 aliphatic heterocycles. The van der Waals surface area contributed by atoms with Gasteiger partial charge < -0.3 is 15.2 Å². The van der Waals surface area contributed by atoms with Crippen LogP contribution in [0.1, 0.15) is 0 Å². The molecule has 6 nitrogen and oxygen atoms in total. The third-order valence-electron chi connectivity index (χ3n) is 2.22. The maximum Gasteiger partial charge on any atom is 0.243 e. The number of rotatable bonds is 8. The monoisotopic (exact) mass is 292 g/mol. The molecule has 3 N–H and O–H groups in total. The van der Waals surface area contributed by atoms with Gasteiger partial charge in [0.1, 0.15) is 10.7 Å². The largest absolute Gasteiger partial charge is 0.399 e. The van der Waals surface area contributed by atoms with Crippen molar-refractivity contribution in [3.05, 3.63) is 24.0 Å². The summed E-state index contributed by atoms with van der Waals surface area (Å²) in [7, 11) is -2.39. The van der Waals surface area contributed by atoms with E-state index >= 15 is 0 Å². The van der Waals surface area contributed by atoms with E-state index in [1.54, 1.807) is 0 Å². The molecule has 108 valence electrons. The minimum Gasteiger partial charge on any atom is -0.399 e. The number of hydrogen-bond donors (Lipinski definition) is 2. The number of anilines is 1. The van der Waals surface area contributed by atoms with Crippen LogP contribution in [0.3, 0.4) is 0 Å². The van der Waals surface area contributed by atoms with Gasteiger partial charge in [-0.05, 0) is 18.2 Å². The molecule has 1 aromatic rings. The van der Waals surface area contributed by atoms with Gasteiger partial charge in [0, 0.05) is 19.3 Å². The van der Waals surface area contributed by atoms with E-state index < -0.39 is 20.7 Å². The van der Waals surface area contributed by atoms with Crippen molar-refractivity contribution in [3.8, 4) is 0 Å². The van der Waals surface area contributed by atoms with Gasteiger partial charge in [-0.15, -0.1) is 0 Å². The molecule has 8 heteroatoms. The topological polar surface area (TPSA) is 90.6 Å². The second-order valence-electron chi connectivity index (χ2n) is 3.69. The second-order valence-corrected chi connectivity index (χ2v) is 5.43. The Bertz CT molecular complexity index is 507. The van der Waals surface area contributed by atoms with Crippen molar-refractivity contribution < 1.29 is 22.3 Å². The third-order valence-corrected chi connectivity index (χ3v) is 3.69. The highest BCUT2D eigenvalue weighted by atomic mass is 32.2. The number of nitrogen functional groups attached to an aromatic ring is 1. The van der Waals surface area contributed by atoms with E-state index in [0.717, 1.165) is 12.1 Å². The highest BCUT2D eigenvalue weighted by molar-refractivity contribution is 7.89. The summed E-state index contributed by atoms with van der Waals surface area (Å²) >= 11 is 0. The van der Waals surface area contributed by atoms with Crippen molar-refractivity contribution >= 4 is 15.7 Å².